The van der Waals surface area contributed by atoms with Crippen LogP contribution >= 0.6 is 0 Å². The average Bonchev–Trinajstić information content (AvgIpc) is 3.24. The van der Waals surface area contributed by atoms with Gasteiger partial charge in [-0.2, -0.15) is 0 Å². The molecule has 8 nitrogen and oxygen atoms in total. The largest absolute Gasteiger partial charge is 0.507 e. The normalized spacial score (nSPS) is 20.6. The molecule has 2 amide bonds. The minimum Gasteiger partial charge on any atom is -0.507 e. The van der Waals surface area contributed by atoms with E-state index in [4.69, 9.17) is 4.74 Å². The van der Waals surface area contributed by atoms with Crippen molar-refractivity contribution in [3.05, 3.63) is 65.2 Å². The Morgan fingerprint density at radius 1 is 1.00 bits per heavy atom. The van der Waals surface area contributed by atoms with Crippen LogP contribution in [0, 0.1) is 0 Å². The van der Waals surface area contributed by atoms with E-state index in [0.717, 1.165) is 12.8 Å². The van der Waals surface area contributed by atoms with E-state index >= 15 is 0 Å². The van der Waals surface area contributed by atoms with Gasteiger partial charge in [-0.3, -0.25) is 14.4 Å². The average molecular weight is 492 g/mol. The van der Waals surface area contributed by atoms with Crippen molar-refractivity contribution in [2.75, 3.05) is 45.2 Å². The number of amides is 2. The van der Waals surface area contributed by atoms with E-state index in [9.17, 15) is 19.5 Å². The van der Waals surface area contributed by atoms with E-state index in [1.165, 1.54) is 4.90 Å². The zero-order valence-corrected chi connectivity index (χ0v) is 21.3. The number of likely N-dealkylation sites (tertiary alicyclic amines) is 1. The summed E-state index contributed by atoms with van der Waals surface area (Å²) in [5.41, 5.74) is -0.383. The number of hydrogen-bond donors (Lipinski definition) is 1. The highest BCUT2D eigenvalue weighted by molar-refractivity contribution is 6.50. The Balaban J connectivity index is 1.97. The van der Waals surface area contributed by atoms with Crippen LogP contribution in [0.3, 0.4) is 0 Å². The second-order valence-electron chi connectivity index (χ2n) is 9.31. The minimum absolute atomic E-state index is 0.152. The predicted octanol–water partition coefficient (Wildman–Crippen LogP) is 3.37. The first-order valence-electron chi connectivity index (χ1n) is 12.4. The number of ketones is 1. The van der Waals surface area contributed by atoms with Crippen LogP contribution in [0.1, 0.15) is 37.8 Å². The number of rotatable bonds is 9. The Morgan fingerprint density at radius 3 is 2.33 bits per heavy atom. The maximum absolute atomic E-state index is 14.3. The van der Waals surface area contributed by atoms with Crippen LogP contribution in [0.4, 0.5) is 5.69 Å². The summed E-state index contributed by atoms with van der Waals surface area (Å²) in [7, 11) is 3.72. The molecular formula is C28H33N3O5. The van der Waals surface area contributed by atoms with E-state index in [-0.39, 0.29) is 23.8 Å². The van der Waals surface area contributed by atoms with E-state index in [1.807, 2.05) is 45.0 Å². The summed E-state index contributed by atoms with van der Waals surface area (Å²) in [5.74, 6) is -1.79. The summed E-state index contributed by atoms with van der Waals surface area (Å²) >= 11 is 0. The van der Waals surface area contributed by atoms with Crippen molar-refractivity contribution in [2.45, 2.75) is 32.2 Å². The number of aliphatic hydroxyl groups excluding tert-OH is 1. The van der Waals surface area contributed by atoms with E-state index in [1.54, 1.807) is 41.3 Å². The minimum atomic E-state index is -1.73. The molecule has 4 rings (SSSR count). The van der Waals surface area contributed by atoms with Gasteiger partial charge in [0.15, 0.2) is 5.54 Å². The van der Waals surface area contributed by atoms with Crippen LogP contribution in [-0.2, 0) is 19.9 Å². The van der Waals surface area contributed by atoms with Crippen LogP contribution in [0.25, 0.3) is 5.76 Å². The van der Waals surface area contributed by atoms with Crippen molar-refractivity contribution in [3.8, 4) is 5.75 Å². The number of unbranched alkanes of at least 4 members (excludes halogenated alkanes) is 1. The van der Waals surface area contributed by atoms with E-state index < -0.39 is 17.2 Å². The number of likely N-dealkylation sites (N-methyl/N-ethyl adjacent to an activating group) is 1. The second kappa shape index (κ2) is 10.1. The summed E-state index contributed by atoms with van der Waals surface area (Å²) in [6.45, 7) is 5.45. The molecule has 0 saturated carbocycles. The molecule has 0 radical (unpaired) electrons. The number of carbonyl (C=O) groups is 3. The van der Waals surface area contributed by atoms with Crippen LogP contribution in [0.5, 0.6) is 5.75 Å². The third kappa shape index (κ3) is 3.95. The van der Waals surface area contributed by atoms with Crippen LogP contribution in [0.2, 0.25) is 0 Å². The van der Waals surface area contributed by atoms with Gasteiger partial charge in [0.1, 0.15) is 11.5 Å². The monoisotopic (exact) mass is 491 g/mol. The highest BCUT2D eigenvalue weighted by Gasteiger charge is 2.66. The molecule has 1 fully saturated rings. The molecule has 1 spiro atoms. The van der Waals surface area contributed by atoms with Crippen LogP contribution in [-0.4, -0.2) is 72.8 Å². The Bertz CT molecular complexity index is 1200. The number of ether oxygens (including phenoxy) is 1. The topological polar surface area (TPSA) is 90.4 Å². The quantitative estimate of drug-likeness (QED) is 0.329. The number of Topliss-reactive ketones (excluding diaryl/α,β-unsaturated/α-hetero) is 1. The number of benzene rings is 2. The highest BCUT2D eigenvalue weighted by atomic mass is 16.5. The number of fused-ring (bicyclic) bond motifs is 2. The van der Waals surface area contributed by atoms with Crippen LogP contribution < -0.4 is 9.64 Å². The fourth-order valence-corrected chi connectivity index (χ4v) is 5.02. The van der Waals surface area contributed by atoms with Gasteiger partial charge in [0, 0.05) is 30.8 Å². The zero-order valence-electron chi connectivity index (χ0n) is 21.3. The number of aliphatic hydroxyl groups is 1. The third-order valence-corrected chi connectivity index (χ3v) is 6.75. The molecule has 36 heavy (non-hydrogen) atoms. The summed E-state index contributed by atoms with van der Waals surface area (Å²) in [6.07, 6.45) is 1.64. The summed E-state index contributed by atoms with van der Waals surface area (Å²) in [4.78, 5) is 46.2. The maximum atomic E-state index is 14.3. The molecule has 2 aromatic carbocycles. The Labute approximate surface area is 211 Å². The van der Waals surface area contributed by atoms with Crippen molar-refractivity contribution < 1.29 is 24.2 Å². The van der Waals surface area contributed by atoms with Crippen molar-refractivity contribution >= 4 is 29.0 Å². The summed E-state index contributed by atoms with van der Waals surface area (Å²) in [5, 5.41) is 11.5. The van der Waals surface area contributed by atoms with Gasteiger partial charge in [-0.1, -0.05) is 31.5 Å². The molecule has 2 aliphatic heterocycles. The van der Waals surface area contributed by atoms with E-state index in [2.05, 4.69) is 0 Å². The standard InChI is InChI=1S/C28H33N3O5/c1-5-7-16-30-22-11-9-8-10-21(22)28(27(30)35)23(25(33)26(34)31(28)18-17-29(3)4)24(32)19-12-14-20(15-13-19)36-6-2/h8-15,32H,5-7,16-18H2,1-4H3/b24-23+. The Hall–Kier alpha value is -3.65. The maximum Gasteiger partial charge on any atom is 0.296 e. The smallest absolute Gasteiger partial charge is 0.296 e. The lowest BCUT2D eigenvalue weighted by atomic mass is 9.82. The van der Waals surface area contributed by atoms with Gasteiger partial charge in [0.25, 0.3) is 17.6 Å². The molecule has 8 heteroatoms. The Kier molecular flexibility index (Phi) is 7.17. The molecule has 2 aromatic rings. The Morgan fingerprint density at radius 2 is 1.69 bits per heavy atom. The second-order valence-corrected chi connectivity index (χ2v) is 9.31. The number of hydrogen-bond acceptors (Lipinski definition) is 6. The number of carbonyl (C=O) groups excluding carboxylic acids is 3. The molecule has 1 saturated heterocycles. The summed E-state index contributed by atoms with van der Waals surface area (Å²) < 4.78 is 5.49. The lowest BCUT2D eigenvalue weighted by Crippen LogP contribution is -2.53. The zero-order chi connectivity index (χ0) is 26.0. The molecule has 2 heterocycles. The van der Waals surface area contributed by atoms with Crippen molar-refractivity contribution in [1.82, 2.24) is 9.80 Å². The third-order valence-electron chi connectivity index (χ3n) is 6.75. The van der Waals surface area contributed by atoms with Gasteiger partial charge in [-0.15, -0.1) is 0 Å². The number of nitrogens with zero attached hydrogens (tertiary/aromatic N) is 3. The molecule has 1 atom stereocenters. The van der Waals surface area contributed by atoms with Gasteiger partial charge in [-0.25, -0.2) is 0 Å². The number of anilines is 1. The molecule has 1 unspecified atom stereocenters. The molecule has 0 aliphatic carbocycles. The van der Waals surface area contributed by atoms with Gasteiger partial charge < -0.3 is 24.5 Å². The van der Waals surface area contributed by atoms with Gasteiger partial charge in [0.2, 0.25) is 0 Å². The molecule has 0 bridgehead atoms. The molecular weight excluding hydrogens is 458 g/mol. The fraction of sp³-hybridized carbons (Fsp3) is 0.393. The summed E-state index contributed by atoms with van der Waals surface area (Å²) in [6, 6.07) is 13.9. The predicted molar refractivity (Wildman–Crippen MR) is 138 cm³/mol. The molecule has 2 aliphatic rings. The first-order chi connectivity index (χ1) is 17.3. The SMILES string of the molecule is CCCCN1C(=O)C2(/C(=C(/O)c3ccc(OCC)cc3)C(=O)C(=O)N2CCN(C)C)c2ccccc21. The first-order valence-corrected chi connectivity index (χ1v) is 12.4. The van der Waals surface area contributed by atoms with Crippen molar-refractivity contribution in [2.24, 2.45) is 0 Å². The molecule has 1 N–H and O–H groups in total. The van der Waals surface area contributed by atoms with Crippen LogP contribution in [0.15, 0.2) is 54.1 Å². The van der Waals surface area contributed by atoms with Gasteiger partial charge in [-0.05, 0) is 57.8 Å². The molecule has 190 valence electrons. The first kappa shape index (κ1) is 25.4. The lowest BCUT2D eigenvalue weighted by Gasteiger charge is -2.35. The highest BCUT2D eigenvalue weighted by Crippen LogP contribution is 2.53. The molecule has 0 aromatic heterocycles. The van der Waals surface area contributed by atoms with Gasteiger partial charge in [0.05, 0.1) is 17.9 Å². The number of para-hydroxylation sites is 1. The van der Waals surface area contributed by atoms with E-state index in [0.29, 0.717) is 42.3 Å². The fourth-order valence-electron chi connectivity index (χ4n) is 5.02. The van der Waals surface area contributed by atoms with Crippen molar-refractivity contribution in [1.29, 1.82) is 0 Å². The van der Waals surface area contributed by atoms with Gasteiger partial charge >= 0.3 is 0 Å². The lowest BCUT2D eigenvalue weighted by molar-refractivity contribution is -0.143. The van der Waals surface area contributed by atoms with Crippen molar-refractivity contribution in [3.63, 3.8) is 0 Å².